The fourth-order valence-electron chi connectivity index (χ4n) is 2.11. The minimum atomic E-state index is -0.268. The minimum absolute atomic E-state index is 0.268. The molecule has 17 heavy (non-hydrogen) atoms. The summed E-state index contributed by atoms with van der Waals surface area (Å²) in [5.41, 5.74) is 1.66. The maximum absolute atomic E-state index is 13.5. The molecule has 2 heterocycles. The fraction of sp³-hybridized carbons (Fsp3) is 0.273. The van der Waals surface area contributed by atoms with Crippen molar-refractivity contribution in [2.75, 3.05) is 11.9 Å². The molecule has 0 saturated carbocycles. The van der Waals surface area contributed by atoms with Crippen LogP contribution in [0.1, 0.15) is 11.6 Å². The normalized spacial score (nSPS) is 13.5. The third kappa shape index (κ3) is 1.47. The lowest BCUT2D eigenvalue weighted by atomic mass is 10.2. The third-order valence-corrected chi connectivity index (χ3v) is 3.57. The van der Waals surface area contributed by atoms with Crippen LogP contribution in [-0.2, 0) is 6.54 Å². The molecule has 0 atom stereocenters. The Morgan fingerprint density at radius 2 is 2.18 bits per heavy atom. The first-order valence-corrected chi connectivity index (χ1v) is 5.99. The topological polar surface area (TPSA) is 34.0 Å². The van der Waals surface area contributed by atoms with Crippen molar-refractivity contribution in [3.05, 3.63) is 34.1 Å². The van der Waals surface area contributed by atoms with Crippen LogP contribution in [-0.4, -0.2) is 21.8 Å². The second-order valence-electron chi connectivity index (χ2n) is 4.07. The molecule has 0 unspecified atom stereocenters. The highest BCUT2D eigenvalue weighted by atomic mass is 79.9. The molecule has 1 aromatic carbocycles. The lowest BCUT2D eigenvalue weighted by molar-refractivity contribution is 0.615. The monoisotopic (exact) mass is 296 g/mol. The van der Waals surface area contributed by atoms with E-state index in [2.05, 4.69) is 26.0 Å². The van der Waals surface area contributed by atoms with E-state index < -0.39 is 0 Å². The van der Waals surface area contributed by atoms with Gasteiger partial charge in [-0.2, -0.15) is 5.10 Å². The summed E-state index contributed by atoms with van der Waals surface area (Å²) in [7, 11) is 1.91. The van der Waals surface area contributed by atoms with Crippen molar-refractivity contribution < 1.29 is 4.39 Å². The molecule has 0 fully saturated rings. The van der Waals surface area contributed by atoms with Gasteiger partial charge in [0, 0.05) is 7.05 Å². The van der Waals surface area contributed by atoms with Gasteiger partial charge in [0.15, 0.2) is 5.82 Å². The number of hydrogen-bond donors (Lipinski definition) is 0. The Hall–Kier alpha value is -1.43. The molecule has 3 rings (SSSR count). The van der Waals surface area contributed by atoms with Crippen LogP contribution in [0.4, 0.5) is 10.1 Å². The highest BCUT2D eigenvalue weighted by molar-refractivity contribution is 9.10. The van der Waals surface area contributed by atoms with Gasteiger partial charge < -0.3 is 4.90 Å². The van der Waals surface area contributed by atoms with Crippen molar-refractivity contribution in [3.8, 4) is 5.69 Å². The highest BCUT2D eigenvalue weighted by Crippen LogP contribution is 2.37. The van der Waals surface area contributed by atoms with E-state index in [9.17, 15) is 4.39 Å². The van der Waals surface area contributed by atoms with Gasteiger partial charge in [0.25, 0.3) is 0 Å². The Labute approximate surface area is 106 Å². The van der Waals surface area contributed by atoms with Gasteiger partial charge >= 0.3 is 0 Å². The maximum Gasteiger partial charge on any atom is 0.152 e. The molecule has 0 aliphatic carbocycles. The van der Waals surface area contributed by atoms with E-state index in [0.29, 0.717) is 11.0 Å². The lowest BCUT2D eigenvalue weighted by Gasteiger charge is -2.28. The molecule has 0 radical (unpaired) electrons. The largest absolute Gasteiger partial charge is 0.364 e. The van der Waals surface area contributed by atoms with Gasteiger partial charge in [-0.1, -0.05) is 0 Å². The quantitative estimate of drug-likeness (QED) is 0.749. The van der Waals surface area contributed by atoms with Gasteiger partial charge in [-0.15, -0.1) is 0 Å². The molecule has 6 heteroatoms. The van der Waals surface area contributed by atoms with Crippen LogP contribution in [0.2, 0.25) is 0 Å². The number of fused-ring (bicyclic) bond motifs is 3. The van der Waals surface area contributed by atoms with E-state index >= 15 is 0 Å². The predicted octanol–water partition coefficient (Wildman–Crippen LogP) is 2.43. The summed E-state index contributed by atoms with van der Waals surface area (Å²) in [5.74, 6) is 1.33. The van der Waals surface area contributed by atoms with Crippen molar-refractivity contribution in [3.63, 3.8) is 0 Å². The summed E-state index contributed by atoms with van der Waals surface area (Å²) in [5, 5.41) is 4.33. The first-order valence-electron chi connectivity index (χ1n) is 5.20. The van der Waals surface area contributed by atoms with Gasteiger partial charge in [0.1, 0.15) is 11.6 Å². The molecular weight excluding hydrogens is 287 g/mol. The first-order chi connectivity index (χ1) is 8.08. The van der Waals surface area contributed by atoms with Crippen LogP contribution in [0.15, 0.2) is 16.6 Å². The number of aryl methyl sites for hydroxylation is 1. The van der Waals surface area contributed by atoms with Crippen molar-refractivity contribution in [1.29, 1.82) is 0 Å². The van der Waals surface area contributed by atoms with Crippen LogP contribution in [0.5, 0.6) is 0 Å². The zero-order valence-corrected chi connectivity index (χ0v) is 11.0. The summed E-state index contributed by atoms with van der Waals surface area (Å²) in [4.78, 5) is 6.32. The molecule has 2 aromatic rings. The van der Waals surface area contributed by atoms with Crippen molar-refractivity contribution >= 4 is 21.6 Å². The van der Waals surface area contributed by atoms with E-state index in [-0.39, 0.29) is 5.82 Å². The first kappa shape index (κ1) is 10.7. The van der Waals surface area contributed by atoms with Crippen LogP contribution >= 0.6 is 15.9 Å². The van der Waals surface area contributed by atoms with Crippen molar-refractivity contribution in [1.82, 2.24) is 14.8 Å². The Bertz CT molecular complexity index is 608. The summed E-state index contributed by atoms with van der Waals surface area (Å²) in [6.45, 7) is 2.47. The molecule has 0 spiro atoms. The second kappa shape index (κ2) is 3.53. The summed E-state index contributed by atoms with van der Waals surface area (Å²) in [6, 6.07) is 3.16. The number of nitrogens with zero attached hydrogens (tertiary/aromatic N) is 4. The van der Waals surface area contributed by atoms with E-state index in [1.54, 1.807) is 10.7 Å². The second-order valence-corrected chi connectivity index (χ2v) is 4.87. The molecule has 1 aromatic heterocycles. The molecule has 1 aliphatic rings. The van der Waals surface area contributed by atoms with E-state index in [1.165, 1.54) is 6.07 Å². The standard InChI is InChI=1S/C11H10BrFN4/c1-6-14-9-5-16(2)11-8(17(9)15-6)4-3-7(13)10(11)12/h3-4H,5H2,1-2H3. The fourth-order valence-corrected chi connectivity index (χ4v) is 2.75. The van der Waals surface area contributed by atoms with Crippen LogP contribution in [0.3, 0.4) is 0 Å². The molecule has 4 nitrogen and oxygen atoms in total. The molecule has 1 aliphatic heterocycles. The van der Waals surface area contributed by atoms with Crippen LogP contribution in [0, 0.1) is 12.7 Å². The average molecular weight is 297 g/mol. The summed E-state index contributed by atoms with van der Waals surface area (Å²) < 4.78 is 15.8. The Morgan fingerprint density at radius 1 is 1.41 bits per heavy atom. The maximum atomic E-state index is 13.5. The van der Waals surface area contributed by atoms with Crippen molar-refractivity contribution in [2.24, 2.45) is 0 Å². The van der Waals surface area contributed by atoms with Crippen LogP contribution in [0.25, 0.3) is 5.69 Å². The Morgan fingerprint density at radius 3 is 2.94 bits per heavy atom. The number of halogens is 2. The number of aromatic nitrogens is 3. The predicted molar refractivity (Wildman–Crippen MR) is 65.9 cm³/mol. The SMILES string of the molecule is Cc1nc2n(n1)-c1ccc(F)c(Br)c1N(C)C2. The molecule has 0 amide bonds. The van der Waals surface area contributed by atoms with E-state index in [1.807, 2.05) is 18.9 Å². The number of anilines is 1. The number of benzene rings is 1. The zero-order chi connectivity index (χ0) is 12.2. The molecule has 88 valence electrons. The van der Waals surface area contributed by atoms with Gasteiger partial charge in [-0.3, -0.25) is 0 Å². The molecule has 0 bridgehead atoms. The van der Waals surface area contributed by atoms with Gasteiger partial charge in [-0.25, -0.2) is 14.1 Å². The molecule has 0 saturated heterocycles. The van der Waals surface area contributed by atoms with Gasteiger partial charge in [0.2, 0.25) is 0 Å². The molecular formula is C11H10BrFN4. The zero-order valence-electron chi connectivity index (χ0n) is 9.41. The van der Waals surface area contributed by atoms with Crippen LogP contribution < -0.4 is 4.90 Å². The lowest BCUT2D eigenvalue weighted by Crippen LogP contribution is -2.26. The van der Waals surface area contributed by atoms with E-state index in [4.69, 9.17) is 0 Å². The molecule has 0 N–H and O–H groups in total. The smallest absolute Gasteiger partial charge is 0.152 e. The minimum Gasteiger partial charge on any atom is -0.364 e. The van der Waals surface area contributed by atoms with Crippen molar-refractivity contribution in [2.45, 2.75) is 13.5 Å². The number of rotatable bonds is 0. The average Bonchev–Trinajstić information content (AvgIpc) is 2.63. The summed E-state index contributed by atoms with van der Waals surface area (Å²) in [6.07, 6.45) is 0. The number of hydrogen-bond acceptors (Lipinski definition) is 3. The van der Waals surface area contributed by atoms with E-state index in [0.717, 1.165) is 23.0 Å². The Kier molecular flexibility index (Phi) is 2.22. The highest BCUT2D eigenvalue weighted by Gasteiger charge is 2.25. The third-order valence-electron chi connectivity index (χ3n) is 2.82. The van der Waals surface area contributed by atoms with Gasteiger partial charge in [0.05, 0.1) is 22.4 Å². The van der Waals surface area contributed by atoms with Gasteiger partial charge in [-0.05, 0) is 35.0 Å². The Balaban J connectivity index is 2.32. The summed E-state index contributed by atoms with van der Waals surface area (Å²) >= 11 is 3.29.